The second-order valence-corrected chi connectivity index (χ2v) is 13.5. The van der Waals surface area contributed by atoms with Crippen LogP contribution in [0.15, 0.2) is 12.2 Å². The average molecular weight is 256 g/mol. The highest BCUT2D eigenvalue weighted by molar-refractivity contribution is 7.64. The highest BCUT2D eigenvalue weighted by Crippen LogP contribution is 2.46. The molecule has 2 rings (SSSR count). The minimum atomic E-state index is -2.36. The quantitative estimate of drug-likeness (QED) is 0.402. The van der Waals surface area contributed by atoms with Gasteiger partial charge in [-0.05, 0) is 43.1 Å². The first-order chi connectivity index (χ1) is 6.04. The Hall–Kier alpha value is 0.827. The highest BCUT2D eigenvalue weighted by Gasteiger charge is 2.37. The monoisotopic (exact) mass is 254 g/mol. The van der Waals surface area contributed by atoms with Crippen molar-refractivity contribution in [2.45, 2.75) is 25.3 Å². The molecule has 0 aliphatic heterocycles. The Bertz CT molecular complexity index is 221. The van der Waals surface area contributed by atoms with Crippen molar-refractivity contribution in [2.24, 2.45) is 17.8 Å². The third-order valence-corrected chi connectivity index (χ3v) is 5.77. The van der Waals surface area contributed by atoms with Gasteiger partial charge in [0.2, 0.25) is 0 Å². The second-order valence-electron chi connectivity index (χ2n) is 4.19. The minimum absolute atomic E-state index is 0.798. The molecule has 0 aromatic carbocycles. The van der Waals surface area contributed by atoms with E-state index in [1.165, 1.54) is 12.8 Å². The molecule has 2 aliphatic carbocycles. The first kappa shape index (κ1) is 10.3. The Kier molecular flexibility index (Phi) is 3.00. The van der Waals surface area contributed by atoms with Gasteiger partial charge in [0.05, 0.1) is 0 Å². The molecule has 1 fully saturated rings. The third-order valence-electron chi connectivity index (χ3n) is 3.21. The van der Waals surface area contributed by atoms with Crippen molar-refractivity contribution in [3.63, 3.8) is 0 Å². The zero-order valence-electron chi connectivity index (χ0n) is 7.35. The van der Waals surface area contributed by atoms with E-state index >= 15 is 0 Å². The molecule has 0 nitrogen and oxygen atoms in total. The molecule has 0 radical (unpaired) electrons. The summed E-state index contributed by atoms with van der Waals surface area (Å²) in [6.45, 7) is 0. The summed E-state index contributed by atoms with van der Waals surface area (Å²) in [5.41, 5.74) is 0. The predicted molar refractivity (Wildman–Crippen MR) is 61.6 cm³/mol. The van der Waals surface area contributed by atoms with Crippen LogP contribution >= 0.6 is 33.2 Å². The van der Waals surface area contributed by atoms with Crippen LogP contribution in [0.25, 0.3) is 0 Å². The van der Waals surface area contributed by atoms with Crippen LogP contribution in [0.5, 0.6) is 0 Å². The van der Waals surface area contributed by atoms with Crippen molar-refractivity contribution in [3.05, 3.63) is 12.2 Å². The van der Waals surface area contributed by atoms with Crippen LogP contribution in [0.2, 0.25) is 6.04 Å². The number of hydrogen-bond donors (Lipinski definition) is 0. The van der Waals surface area contributed by atoms with Crippen molar-refractivity contribution < 1.29 is 0 Å². The number of hydrogen-bond acceptors (Lipinski definition) is 0. The maximum absolute atomic E-state index is 5.87. The third kappa shape index (κ3) is 2.65. The maximum atomic E-state index is 5.87. The van der Waals surface area contributed by atoms with E-state index in [4.69, 9.17) is 33.2 Å². The lowest BCUT2D eigenvalue weighted by Gasteiger charge is -2.19. The molecule has 74 valence electrons. The van der Waals surface area contributed by atoms with Gasteiger partial charge in [-0.3, -0.25) is 0 Å². The fraction of sp³-hybridized carbons (Fsp3) is 0.778. The van der Waals surface area contributed by atoms with E-state index in [1.54, 1.807) is 0 Å². The van der Waals surface area contributed by atoms with Gasteiger partial charge >= 0.3 is 6.00 Å². The number of allylic oxidation sites excluding steroid dienone is 2. The van der Waals surface area contributed by atoms with Crippen LogP contribution in [-0.2, 0) is 0 Å². The fourth-order valence-electron chi connectivity index (χ4n) is 2.58. The normalized spacial score (nSPS) is 37.3. The molecule has 0 N–H and O–H groups in total. The van der Waals surface area contributed by atoms with Crippen molar-refractivity contribution in [2.75, 3.05) is 0 Å². The molecular formula is C9H13Cl3Si. The van der Waals surface area contributed by atoms with Crippen LogP contribution in [0.3, 0.4) is 0 Å². The summed E-state index contributed by atoms with van der Waals surface area (Å²) in [4.78, 5) is 0. The lowest BCUT2D eigenvalue weighted by molar-refractivity contribution is 0.433. The van der Waals surface area contributed by atoms with Gasteiger partial charge in [-0.25, -0.2) is 0 Å². The van der Waals surface area contributed by atoms with E-state index in [0.717, 1.165) is 30.2 Å². The zero-order valence-corrected chi connectivity index (χ0v) is 10.6. The Morgan fingerprint density at radius 2 is 1.92 bits per heavy atom. The molecule has 4 heteroatoms. The largest absolute Gasteiger partial charge is 0.341 e. The van der Waals surface area contributed by atoms with Gasteiger partial charge in [0, 0.05) is 0 Å². The van der Waals surface area contributed by atoms with Crippen LogP contribution in [-0.4, -0.2) is 6.00 Å². The fourth-order valence-corrected chi connectivity index (χ4v) is 4.26. The van der Waals surface area contributed by atoms with Gasteiger partial charge < -0.3 is 0 Å². The SMILES string of the molecule is Cl[Si](Cl)(Cl)CC[C@H]1C[C@@H]2C=C[C@H]1C2. The van der Waals surface area contributed by atoms with Crippen LogP contribution in [0.4, 0.5) is 0 Å². The first-order valence-electron chi connectivity index (χ1n) is 4.80. The number of rotatable bonds is 3. The van der Waals surface area contributed by atoms with Gasteiger partial charge in [-0.1, -0.05) is 12.2 Å². The van der Waals surface area contributed by atoms with E-state index in [0.29, 0.717) is 0 Å². The molecule has 0 aromatic heterocycles. The van der Waals surface area contributed by atoms with Crippen molar-refractivity contribution in [1.29, 1.82) is 0 Å². The molecule has 1 saturated carbocycles. The Labute approximate surface area is 94.4 Å². The van der Waals surface area contributed by atoms with Gasteiger partial charge in [-0.2, -0.15) is 0 Å². The molecule has 0 amide bonds. The molecular weight excluding hydrogens is 243 g/mol. The van der Waals surface area contributed by atoms with E-state index in [9.17, 15) is 0 Å². The van der Waals surface area contributed by atoms with Crippen LogP contribution in [0, 0.1) is 17.8 Å². The summed E-state index contributed by atoms with van der Waals surface area (Å²) >= 11 is 17.6. The summed E-state index contributed by atoms with van der Waals surface area (Å²) < 4.78 is 0. The lowest BCUT2D eigenvalue weighted by Crippen LogP contribution is -2.14. The zero-order chi connectivity index (χ0) is 9.47. The average Bonchev–Trinajstić information content (AvgIpc) is 2.58. The topological polar surface area (TPSA) is 0 Å². The summed E-state index contributed by atoms with van der Waals surface area (Å²) in [5, 5.41) is 0. The van der Waals surface area contributed by atoms with E-state index in [2.05, 4.69) is 12.2 Å². The van der Waals surface area contributed by atoms with Crippen molar-refractivity contribution >= 4 is 39.2 Å². The van der Waals surface area contributed by atoms with E-state index < -0.39 is 6.00 Å². The molecule has 0 spiro atoms. The molecule has 0 saturated heterocycles. The summed E-state index contributed by atoms with van der Waals surface area (Å²) in [5.74, 6) is 2.44. The Morgan fingerprint density at radius 3 is 2.38 bits per heavy atom. The van der Waals surface area contributed by atoms with Gasteiger partial charge in [-0.15, -0.1) is 33.2 Å². The number of fused-ring (bicyclic) bond motifs is 2. The lowest BCUT2D eigenvalue weighted by atomic mass is 9.91. The number of halogens is 3. The summed E-state index contributed by atoms with van der Waals surface area (Å²) in [6, 6.07) is -1.53. The van der Waals surface area contributed by atoms with E-state index in [-0.39, 0.29) is 0 Å². The highest BCUT2D eigenvalue weighted by atomic mass is 35.8. The second kappa shape index (κ2) is 3.77. The van der Waals surface area contributed by atoms with Crippen LogP contribution in [0.1, 0.15) is 19.3 Å². The molecule has 2 aliphatic rings. The molecule has 0 unspecified atom stereocenters. The summed E-state index contributed by atoms with van der Waals surface area (Å²) in [6.07, 6.45) is 8.52. The standard InChI is InChI=1S/C9H13Cl3Si/c10-13(11,12)4-3-9-6-7-1-2-8(9)5-7/h1-2,7-9H,3-6H2/t7-,8+,9+/m1/s1. The molecule has 0 aromatic rings. The Balaban J connectivity index is 1.81. The van der Waals surface area contributed by atoms with Gasteiger partial charge in [0.15, 0.2) is 0 Å². The van der Waals surface area contributed by atoms with Gasteiger partial charge in [0.1, 0.15) is 0 Å². The minimum Gasteiger partial charge on any atom is -0.126 e. The molecule has 2 bridgehead atoms. The van der Waals surface area contributed by atoms with E-state index in [1.807, 2.05) is 0 Å². The van der Waals surface area contributed by atoms with Crippen LogP contribution < -0.4 is 0 Å². The molecule has 13 heavy (non-hydrogen) atoms. The molecule has 0 heterocycles. The first-order valence-corrected chi connectivity index (χ1v) is 10.0. The summed E-state index contributed by atoms with van der Waals surface area (Å²) in [7, 11) is 0. The smallest absolute Gasteiger partial charge is 0.126 e. The van der Waals surface area contributed by atoms with Crippen molar-refractivity contribution in [1.82, 2.24) is 0 Å². The maximum Gasteiger partial charge on any atom is 0.341 e. The predicted octanol–water partition coefficient (Wildman–Crippen LogP) is 4.24. The molecule has 3 atom stereocenters. The van der Waals surface area contributed by atoms with Gasteiger partial charge in [0.25, 0.3) is 0 Å². The Morgan fingerprint density at radius 1 is 1.15 bits per heavy atom. The van der Waals surface area contributed by atoms with Crippen molar-refractivity contribution in [3.8, 4) is 0 Å².